The van der Waals surface area contributed by atoms with E-state index in [9.17, 15) is 9.18 Å². The zero-order chi connectivity index (χ0) is 24.7. The van der Waals surface area contributed by atoms with Crippen LogP contribution in [0.5, 0.6) is 0 Å². The van der Waals surface area contributed by atoms with E-state index in [1.165, 1.54) is 25.0 Å². The molecule has 0 saturated heterocycles. The van der Waals surface area contributed by atoms with Crippen molar-refractivity contribution in [2.75, 3.05) is 44.9 Å². The number of Topliss-reactive ketones (excluding diaryl/α,β-unsaturated/α-hetero) is 1. The molecule has 7 nitrogen and oxygen atoms in total. The Morgan fingerprint density at radius 1 is 1.29 bits per heavy atom. The van der Waals surface area contributed by atoms with Gasteiger partial charge in [-0.05, 0) is 67.3 Å². The van der Waals surface area contributed by atoms with E-state index < -0.39 is 0 Å². The highest BCUT2D eigenvalue weighted by Crippen LogP contribution is 2.36. The van der Waals surface area contributed by atoms with Gasteiger partial charge < -0.3 is 26.6 Å². The van der Waals surface area contributed by atoms with Gasteiger partial charge >= 0.3 is 0 Å². The standard InChI is InChI=1S/C26H37FN6O/c1-17(9-18-5-6-18)33(4)26-23(28)7-8-32-25(26)24(34)16-31-13-19-10-20(12-22(27)11-19)21(14-29-2)15-30-3/h7-8,10-12,14,17-18,29-31H,5-6,9,13,15-16H2,1-4H3,(H2,28,32)/b21-14+. The molecule has 5 N–H and O–H groups in total. The topological polar surface area (TPSA) is 95.3 Å². The minimum absolute atomic E-state index is 0.0792. The predicted molar refractivity (Wildman–Crippen MR) is 137 cm³/mol. The molecule has 3 rings (SSSR count). The van der Waals surface area contributed by atoms with Gasteiger partial charge in [0, 0.05) is 45.6 Å². The van der Waals surface area contributed by atoms with E-state index in [-0.39, 0.29) is 24.2 Å². The van der Waals surface area contributed by atoms with E-state index in [2.05, 4.69) is 32.8 Å². The molecule has 0 aliphatic heterocycles. The molecule has 8 heteroatoms. The summed E-state index contributed by atoms with van der Waals surface area (Å²) in [5.41, 5.74) is 10.4. The summed E-state index contributed by atoms with van der Waals surface area (Å²) in [7, 11) is 5.63. The molecule has 0 spiro atoms. The minimum Gasteiger partial charge on any atom is -0.397 e. The van der Waals surface area contributed by atoms with Crippen LogP contribution in [-0.4, -0.2) is 51.0 Å². The average Bonchev–Trinajstić information content (AvgIpc) is 3.62. The van der Waals surface area contributed by atoms with Crippen LogP contribution in [0.1, 0.15) is 47.8 Å². The fraction of sp³-hybridized carbons (Fsp3) is 0.462. The number of benzene rings is 1. The Morgan fingerprint density at radius 3 is 2.74 bits per heavy atom. The third kappa shape index (κ3) is 6.77. The zero-order valence-electron chi connectivity index (χ0n) is 20.6. The Bertz CT molecular complexity index is 1020. The Morgan fingerprint density at radius 2 is 2.06 bits per heavy atom. The highest BCUT2D eigenvalue weighted by molar-refractivity contribution is 6.03. The number of nitrogens with one attached hydrogen (secondary N) is 3. The normalized spacial score (nSPS) is 14.7. The maximum Gasteiger partial charge on any atom is 0.197 e. The number of hydrogen-bond donors (Lipinski definition) is 4. The van der Waals surface area contributed by atoms with Gasteiger partial charge in [-0.15, -0.1) is 0 Å². The molecular formula is C26H37FN6O. The van der Waals surface area contributed by atoms with Crippen molar-refractivity contribution in [2.45, 2.75) is 38.8 Å². The largest absolute Gasteiger partial charge is 0.397 e. The first-order chi connectivity index (χ1) is 16.3. The lowest BCUT2D eigenvalue weighted by Crippen LogP contribution is -2.33. The number of nitrogen functional groups attached to an aromatic ring is 1. The molecule has 1 aromatic heterocycles. The van der Waals surface area contributed by atoms with Crippen molar-refractivity contribution in [1.29, 1.82) is 0 Å². The molecule has 0 radical (unpaired) electrons. The first-order valence-corrected chi connectivity index (χ1v) is 11.9. The number of halogens is 1. The van der Waals surface area contributed by atoms with Crippen molar-refractivity contribution < 1.29 is 9.18 Å². The molecule has 1 aromatic carbocycles. The number of carbonyl (C=O) groups is 1. The van der Waals surface area contributed by atoms with Gasteiger partial charge in [0.25, 0.3) is 0 Å². The van der Waals surface area contributed by atoms with Gasteiger partial charge in [-0.3, -0.25) is 9.78 Å². The van der Waals surface area contributed by atoms with Gasteiger partial charge in [-0.1, -0.05) is 12.8 Å². The molecule has 0 amide bonds. The second-order valence-electron chi connectivity index (χ2n) is 9.10. The van der Waals surface area contributed by atoms with Crippen LogP contribution in [0.25, 0.3) is 5.57 Å². The monoisotopic (exact) mass is 468 g/mol. The summed E-state index contributed by atoms with van der Waals surface area (Å²) in [6.45, 7) is 3.19. The highest BCUT2D eigenvalue weighted by atomic mass is 19.1. The molecule has 184 valence electrons. The number of aromatic nitrogens is 1. The Hall–Kier alpha value is -2.97. The smallest absolute Gasteiger partial charge is 0.197 e. The average molecular weight is 469 g/mol. The molecule has 1 atom stereocenters. The van der Waals surface area contributed by atoms with Crippen LogP contribution >= 0.6 is 0 Å². The van der Waals surface area contributed by atoms with Crippen LogP contribution in [0.4, 0.5) is 15.8 Å². The van der Waals surface area contributed by atoms with Gasteiger partial charge in [0.1, 0.15) is 11.5 Å². The lowest BCUT2D eigenvalue weighted by Gasteiger charge is -2.29. The van der Waals surface area contributed by atoms with E-state index >= 15 is 0 Å². The van der Waals surface area contributed by atoms with Gasteiger partial charge in [0.05, 0.1) is 17.9 Å². The van der Waals surface area contributed by atoms with Gasteiger partial charge in [0.2, 0.25) is 0 Å². The SMILES string of the molecule is CN/C=C(\CNC)c1cc(F)cc(CNCC(=O)c2nccc(N)c2N(C)C(C)CC2CC2)c1. The molecule has 1 unspecified atom stereocenters. The van der Waals surface area contributed by atoms with Crippen LogP contribution in [-0.2, 0) is 6.54 Å². The molecular weight excluding hydrogens is 431 g/mol. The number of ketones is 1. The number of likely N-dealkylation sites (N-methyl/N-ethyl adjacent to an activating group) is 1. The van der Waals surface area contributed by atoms with Gasteiger partial charge in [-0.2, -0.15) is 0 Å². The summed E-state index contributed by atoms with van der Waals surface area (Å²) in [5, 5.41) is 9.24. The van der Waals surface area contributed by atoms with E-state index in [1.54, 1.807) is 12.3 Å². The first-order valence-electron chi connectivity index (χ1n) is 11.9. The lowest BCUT2D eigenvalue weighted by atomic mass is 10.0. The van der Waals surface area contributed by atoms with Gasteiger partial charge in [0.15, 0.2) is 5.78 Å². The van der Waals surface area contributed by atoms with Crippen LogP contribution in [0.2, 0.25) is 0 Å². The van der Waals surface area contributed by atoms with E-state index in [4.69, 9.17) is 5.73 Å². The van der Waals surface area contributed by atoms with Crippen molar-refractivity contribution in [2.24, 2.45) is 5.92 Å². The summed E-state index contributed by atoms with van der Waals surface area (Å²) in [5.74, 6) is 0.309. The summed E-state index contributed by atoms with van der Waals surface area (Å²) < 4.78 is 14.3. The Labute approximate surface area is 202 Å². The van der Waals surface area contributed by atoms with Crippen molar-refractivity contribution in [3.05, 3.63) is 59.3 Å². The molecule has 34 heavy (non-hydrogen) atoms. The van der Waals surface area contributed by atoms with Crippen LogP contribution in [0.15, 0.2) is 36.7 Å². The number of nitrogens with zero attached hydrogens (tertiary/aromatic N) is 2. The second-order valence-corrected chi connectivity index (χ2v) is 9.10. The third-order valence-corrected chi connectivity index (χ3v) is 6.23. The number of anilines is 2. The van der Waals surface area contributed by atoms with E-state index in [1.807, 2.05) is 33.4 Å². The zero-order valence-corrected chi connectivity index (χ0v) is 20.6. The number of hydrogen-bond acceptors (Lipinski definition) is 7. The van der Waals surface area contributed by atoms with Crippen molar-refractivity contribution in [3.8, 4) is 0 Å². The molecule has 1 fully saturated rings. The molecule has 0 bridgehead atoms. The molecule has 1 heterocycles. The Kier molecular flexibility index (Phi) is 9.01. The number of rotatable bonds is 13. The predicted octanol–water partition coefficient (Wildman–Crippen LogP) is 3.18. The van der Waals surface area contributed by atoms with Crippen molar-refractivity contribution >= 4 is 22.7 Å². The van der Waals surface area contributed by atoms with Crippen molar-refractivity contribution in [1.82, 2.24) is 20.9 Å². The molecule has 1 aliphatic rings. The summed E-state index contributed by atoms with van der Waals surface area (Å²) in [6, 6.07) is 6.92. The quantitative estimate of drug-likeness (QED) is 0.335. The second kappa shape index (κ2) is 11.9. The van der Waals surface area contributed by atoms with Gasteiger partial charge in [-0.25, -0.2) is 4.39 Å². The minimum atomic E-state index is -0.315. The fourth-order valence-corrected chi connectivity index (χ4v) is 4.20. The number of pyridine rings is 1. The molecule has 1 saturated carbocycles. The number of nitrogens with two attached hydrogens (primary N) is 1. The first kappa shape index (κ1) is 25.6. The summed E-state index contributed by atoms with van der Waals surface area (Å²) in [6.07, 6.45) is 7.05. The van der Waals surface area contributed by atoms with Crippen LogP contribution in [0.3, 0.4) is 0 Å². The third-order valence-electron chi connectivity index (χ3n) is 6.23. The summed E-state index contributed by atoms with van der Waals surface area (Å²) in [4.78, 5) is 19.5. The lowest BCUT2D eigenvalue weighted by molar-refractivity contribution is 0.0986. The summed E-state index contributed by atoms with van der Waals surface area (Å²) >= 11 is 0. The molecule has 2 aromatic rings. The van der Waals surface area contributed by atoms with Crippen LogP contribution < -0.4 is 26.6 Å². The fourth-order valence-electron chi connectivity index (χ4n) is 4.20. The highest BCUT2D eigenvalue weighted by Gasteiger charge is 2.28. The van der Waals surface area contributed by atoms with E-state index in [0.717, 1.165) is 29.0 Å². The maximum absolute atomic E-state index is 14.3. The maximum atomic E-state index is 14.3. The number of carbonyl (C=O) groups excluding carboxylic acids is 1. The Balaban J connectivity index is 1.69. The molecule has 1 aliphatic carbocycles. The van der Waals surface area contributed by atoms with E-state index in [0.29, 0.717) is 30.2 Å². The van der Waals surface area contributed by atoms with Crippen LogP contribution in [0, 0.1) is 11.7 Å². The van der Waals surface area contributed by atoms with Crippen molar-refractivity contribution in [3.63, 3.8) is 0 Å².